The Morgan fingerprint density at radius 3 is 2.30 bits per heavy atom. The highest BCUT2D eigenvalue weighted by atomic mass is 19.2. The summed E-state index contributed by atoms with van der Waals surface area (Å²) in [5, 5.41) is 0. The van der Waals surface area contributed by atoms with Gasteiger partial charge in [0, 0.05) is 0 Å². The average Bonchev–Trinajstić information content (AvgIpc) is 2.44. The summed E-state index contributed by atoms with van der Waals surface area (Å²) < 4.78 is 51.4. The maximum atomic E-state index is 14.4. The third-order valence-corrected chi connectivity index (χ3v) is 3.89. The number of alkyl halides is 1. The molecule has 1 fully saturated rings. The monoisotopic (exact) mass is 288 g/mol. The summed E-state index contributed by atoms with van der Waals surface area (Å²) in [6.45, 7) is 1.83. The lowest BCUT2D eigenvalue weighted by Crippen LogP contribution is -2.35. The first-order chi connectivity index (χ1) is 9.45. The number of rotatable bonds is 4. The molecule has 0 saturated heterocycles. The van der Waals surface area contributed by atoms with Crippen LogP contribution < -0.4 is 9.47 Å². The van der Waals surface area contributed by atoms with E-state index in [1.807, 2.05) is 0 Å². The molecule has 0 unspecified atom stereocenters. The molecule has 112 valence electrons. The van der Waals surface area contributed by atoms with Crippen LogP contribution in [-0.2, 0) is 0 Å². The van der Waals surface area contributed by atoms with Crippen LogP contribution in [0.3, 0.4) is 0 Å². The minimum Gasteiger partial charge on any atom is -0.494 e. The SMILES string of the molecule is COc1ccc(OCC2(F)CCC(C)CC2)c(F)c1F. The summed E-state index contributed by atoms with van der Waals surface area (Å²) in [7, 11) is 1.25. The molecule has 2 nitrogen and oxygen atoms in total. The van der Waals surface area contributed by atoms with Gasteiger partial charge in [0.25, 0.3) is 0 Å². The van der Waals surface area contributed by atoms with Gasteiger partial charge in [0.2, 0.25) is 11.6 Å². The maximum Gasteiger partial charge on any atom is 0.204 e. The molecule has 2 rings (SSSR count). The first kappa shape index (κ1) is 15.0. The highest BCUT2D eigenvalue weighted by Crippen LogP contribution is 2.36. The zero-order valence-corrected chi connectivity index (χ0v) is 11.7. The number of benzene rings is 1. The van der Waals surface area contributed by atoms with Crippen LogP contribution in [0.5, 0.6) is 11.5 Å². The van der Waals surface area contributed by atoms with Gasteiger partial charge in [0.15, 0.2) is 11.5 Å². The topological polar surface area (TPSA) is 18.5 Å². The van der Waals surface area contributed by atoms with Gasteiger partial charge in [-0.2, -0.15) is 8.78 Å². The van der Waals surface area contributed by atoms with Crippen molar-refractivity contribution in [3.8, 4) is 11.5 Å². The molecule has 0 aromatic heterocycles. The van der Waals surface area contributed by atoms with Gasteiger partial charge in [0.1, 0.15) is 12.3 Å². The molecule has 0 N–H and O–H groups in total. The van der Waals surface area contributed by atoms with E-state index in [1.54, 1.807) is 0 Å². The van der Waals surface area contributed by atoms with E-state index in [1.165, 1.54) is 19.2 Å². The van der Waals surface area contributed by atoms with E-state index in [0.717, 1.165) is 12.8 Å². The molecule has 1 aromatic rings. The lowest BCUT2D eigenvalue weighted by molar-refractivity contribution is 0.0334. The first-order valence-electron chi connectivity index (χ1n) is 6.79. The summed E-state index contributed by atoms with van der Waals surface area (Å²) in [6, 6.07) is 2.52. The predicted molar refractivity (Wildman–Crippen MR) is 69.9 cm³/mol. The fourth-order valence-corrected chi connectivity index (χ4v) is 2.41. The van der Waals surface area contributed by atoms with E-state index < -0.39 is 17.3 Å². The summed E-state index contributed by atoms with van der Waals surface area (Å²) in [5.41, 5.74) is -1.45. The quantitative estimate of drug-likeness (QED) is 0.823. The van der Waals surface area contributed by atoms with Crippen LogP contribution in [0.2, 0.25) is 0 Å². The van der Waals surface area contributed by atoms with Crippen molar-refractivity contribution in [3.05, 3.63) is 23.8 Å². The number of methoxy groups -OCH3 is 1. The molecule has 0 spiro atoms. The molecule has 1 saturated carbocycles. The second kappa shape index (κ2) is 5.94. The third-order valence-electron chi connectivity index (χ3n) is 3.89. The van der Waals surface area contributed by atoms with Crippen LogP contribution in [0.25, 0.3) is 0 Å². The fraction of sp³-hybridized carbons (Fsp3) is 0.600. The molecule has 1 aliphatic rings. The Bertz CT molecular complexity index is 468. The minimum atomic E-state index is -1.45. The lowest BCUT2D eigenvalue weighted by Gasteiger charge is -2.32. The largest absolute Gasteiger partial charge is 0.494 e. The Kier molecular flexibility index (Phi) is 4.45. The number of halogens is 3. The fourth-order valence-electron chi connectivity index (χ4n) is 2.41. The van der Waals surface area contributed by atoms with Gasteiger partial charge in [-0.1, -0.05) is 6.92 Å². The third kappa shape index (κ3) is 3.19. The van der Waals surface area contributed by atoms with Gasteiger partial charge >= 0.3 is 0 Å². The second-order valence-corrected chi connectivity index (χ2v) is 5.52. The number of hydrogen-bond acceptors (Lipinski definition) is 2. The van der Waals surface area contributed by atoms with Gasteiger partial charge in [-0.05, 0) is 43.7 Å². The lowest BCUT2D eigenvalue weighted by atomic mass is 9.81. The highest BCUT2D eigenvalue weighted by molar-refractivity contribution is 5.35. The van der Waals surface area contributed by atoms with Crippen LogP contribution >= 0.6 is 0 Å². The zero-order chi connectivity index (χ0) is 14.8. The molecule has 0 amide bonds. The highest BCUT2D eigenvalue weighted by Gasteiger charge is 2.35. The van der Waals surface area contributed by atoms with Crippen LogP contribution in [0, 0.1) is 17.6 Å². The van der Waals surface area contributed by atoms with Crippen molar-refractivity contribution < 1.29 is 22.6 Å². The minimum absolute atomic E-state index is 0.198. The van der Waals surface area contributed by atoms with Crippen molar-refractivity contribution in [1.82, 2.24) is 0 Å². The van der Waals surface area contributed by atoms with Gasteiger partial charge in [-0.15, -0.1) is 0 Å². The standard InChI is InChI=1S/C15H19F3O2/c1-10-5-7-15(18,8-6-10)9-20-12-4-3-11(19-2)13(16)14(12)17/h3-4,10H,5-9H2,1-2H3. The molecule has 0 bridgehead atoms. The molecule has 1 aromatic carbocycles. The number of hydrogen-bond donors (Lipinski definition) is 0. The van der Waals surface area contributed by atoms with Gasteiger partial charge in [0.05, 0.1) is 7.11 Å². The van der Waals surface area contributed by atoms with E-state index in [0.29, 0.717) is 18.8 Å². The van der Waals surface area contributed by atoms with Crippen molar-refractivity contribution in [3.63, 3.8) is 0 Å². The van der Waals surface area contributed by atoms with Gasteiger partial charge in [-0.3, -0.25) is 0 Å². The van der Waals surface area contributed by atoms with Crippen molar-refractivity contribution >= 4 is 0 Å². The van der Waals surface area contributed by atoms with Crippen LogP contribution in [0.15, 0.2) is 12.1 Å². The van der Waals surface area contributed by atoms with Crippen LogP contribution in [0.4, 0.5) is 13.2 Å². The van der Waals surface area contributed by atoms with E-state index in [2.05, 4.69) is 11.7 Å². The van der Waals surface area contributed by atoms with Crippen molar-refractivity contribution in [2.24, 2.45) is 5.92 Å². The predicted octanol–water partition coefficient (Wildman–Crippen LogP) is 4.27. The van der Waals surface area contributed by atoms with Gasteiger partial charge in [-0.25, -0.2) is 4.39 Å². The summed E-state index contributed by atoms with van der Waals surface area (Å²) in [6.07, 6.45) is 2.38. The van der Waals surface area contributed by atoms with Crippen molar-refractivity contribution in [2.75, 3.05) is 13.7 Å². The maximum absolute atomic E-state index is 14.4. The molecule has 5 heteroatoms. The normalized spacial score (nSPS) is 26.4. The summed E-state index contributed by atoms with van der Waals surface area (Å²) >= 11 is 0. The van der Waals surface area contributed by atoms with Gasteiger partial charge < -0.3 is 9.47 Å². The molecular formula is C15H19F3O2. The first-order valence-corrected chi connectivity index (χ1v) is 6.79. The van der Waals surface area contributed by atoms with E-state index >= 15 is 0 Å². The van der Waals surface area contributed by atoms with E-state index in [-0.39, 0.29) is 18.1 Å². The Labute approximate surface area is 116 Å². The molecule has 0 radical (unpaired) electrons. The Morgan fingerprint density at radius 2 is 1.70 bits per heavy atom. The average molecular weight is 288 g/mol. The summed E-state index contributed by atoms with van der Waals surface area (Å²) in [4.78, 5) is 0. The van der Waals surface area contributed by atoms with Crippen molar-refractivity contribution in [1.29, 1.82) is 0 Å². The smallest absolute Gasteiger partial charge is 0.204 e. The molecule has 0 aliphatic heterocycles. The number of ether oxygens (including phenoxy) is 2. The Hall–Kier alpha value is -1.39. The van der Waals surface area contributed by atoms with E-state index in [4.69, 9.17) is 4.74 Å². The second-order valence-electron chi connectivity index (χ2n) is 5.52. The Balaban J connectivity index is 2.02. The summed E-state index contributed by atoms with van der Waals surface area (Å²) in [5.74, 6) is -2.23. The molecule has 1 aliphatic carbocycles. The van der Waals surface area contributed by atoms with E-state index in [9.17, 15) is 13.2 Å². The molecular weight excluding hydrogens is 269 g/mol. The molecule has 0 atom stereocenters. The Morgan fingerprint density at radius 1 is 1.15 bits per heavy atom. The van der Waals surface area contributed by atoms with Crippen LogP contribution in [-0.4, -0.2) is 19.4 Å². The van der Waals surface area contributed by atoms with Crippen LogP contribution in [0.1, 0.15) is 32.6 Å². The molecule has 0 heterocycles. The zero-order valence-electron chi connectivity index (χ0n) is 11.7. The van der Waals surface area contributed by atoms with Crippen molar-refractivity contribution in [2.45, 2.75) is 38.3 Å². The molecule has 20 heavy (non-hydrogen) atoms.